The summed E-state index contributed by atoms with van der Waals surface area (Å²) in [6.07, 6.45) is 1.14. The van der Waals surface area contributed by atoms with Crippen molar-refractivity contribution in [3.05, 3.63) is 29.3 Å². The number of aryl methyl sites for hydroxylation is 1. The Morgan fingerprint density at radius 3 is 2.57 bits per heavy atom. The third kappa shape index (κ3) is 3.59. The molecule has 23 heavy (non-hydrogen) atoms. The first-order valence-corrected chi connectivity index (χ1v) is 7.97. The van der Waals surface area contributed by atoms with Crippen LogP contribution in [0.1, 0.15) is 29.3 Å². The molecule has 0 saturated carbocycles. The normalized spacial score (nSPS) is 18.3. The molecule has 1 N–H and O–H groups in total. The third-order valence-corrected chi connectivity index (χ3v) is 4.35. The van der Waals surface area contributed by atoms with Gasteiger partial charge in [-0.2, -0.15) is 0 Å². The van der Waals surface area contributed by atoms with Gasteiger partial charge in [0.15, 0.2) is 0 Å². The van der Waals surface area contributed by atoms with Gasteiger partial charge in [0.1, 0.15) is 5.78 Å². The predicted octanol–water partition coefficient (Wildman–Crippen LogP) is 0.918. The number of hydrogen-bond acceptors (Lipinski definition) is 4. The number of piperazine rings is 1. The number of hydrogen-bond donors (Lipinski definition) is 1. The molecule has 2 amide bonds. The van der Waals surface area contributed by atoms with Crippen LogP contribution in [0.15, 0.2) is 18.2 Å². The molecule has 6 nitrogen and oxygen atoms in total. The summed E-state index contributed by atoms with van der Waals surface area (Å²) in [5, 5.41) is 2.83. The molecule has 1 aromatic carbocycles. The topological polar surface area (TPSA) is 69.7 Å². The quantitative estimate of drug-likeness (QED) is 0.900. The van der Waals surface area contributed by atoms with Crippen molar-refractivity contribution < 1.29 is 14.4 Å². The van der Waals surface area contributed by atoms with Gasteiger partial charge in [0.05, 0.1) is 6.54 Å². The van der Waals surface area contributed by atoms with E-state index in [2.05, 4.69) is 10.2 Å². The highest BCUT2D eigenvalue weighted by atomic mass is 16.2. The molecule has 122 valence electrons. The molecule has 2 aliphatic rings. The Labute approximate surface area is 135 Å². The summed E-state index contributed by atoms with van der Waals surface area (Å²) in [5.41, 5.74) is 2.50. The van der Waals surface area contributed by atoms with Gasteiger partial charge in [0.25, 0.3) is 5.91 Å². The van der Waals surface area contributed by atoms with E-state index in [0.29, 0.717) is 38.0 Å². The standard InChI is InChI=1S/C17H21N3O3/c1-12(21)11-19-6-8-20(9-7-19)17(23)14-2-4-15-13(10-14)3-5-16(22)18-15/h2,4,10H,3,5-9,11H2,1H3,(H,18,22). The maximum atomic E-state index is 12.6. The van der Waals surface area contributed by atoms with Crippen molar-refractivity contribution in [1.82, 2.24) is 9.80 Å². The SMILES string of the molecule is CC(=O)CN1CCN(C(=O)c2ccc3c(c2)CCC(=O)N3)CC1. The zero-order chi connectivity index (χ0) is 16.4. The van der Waals surface area contributed by atoms with Gasteiger partial charge < -0.3 is 10.2 Å². The van der Waals surface area contributed by atoms with Crippen molar-refractivity contribution >= 4 is 23.3 Å². The van der Waals surface area contributed by atoms with Crippen molar-refractivity contribution in [2.24, 2.45) is 0 Å². The molecule has 0 radical (unpaired) electrons. The lowest BCUT2D eigenvalue weighted by Crippen LogP contribution is -2.49. The molecule has 3 rings (SSSR count). The smallest absolute Gasteiger partial charge is 0.253 e. The van der Waals surface area contributed by atoms with E-state index in [4.69, 9.17) is 0 Å². The molecular formula is C17H21N3O3. The highest BCUT2D eigenvalue weighted by Gasteiger charge is 2.24. The van der Waals surface area contributed by atoms with E-state index < -0.39 is 0 Å². The van der Waals surface area contributed by atoms with Crippen LogP contribution in [-0.4, -0.2) is 60.1 Å². The fourth-order valence-corrected chi connectivity index (χ4v) is 3.12. The average Bonchev–Trinajstić information content (AvgIpc) is 2.54. The van der Waals surface area contributed by atoms with Crippen LogP contribution in [0, 0.1) is 0 Å². The molecule has 0 aliphatic carbocycles. The van der Waals surface area contributed by atoms with Gasteiger partial charge in [0, 0.05) is 43.9 Å². The maximum Gasteiger partial charge on any atom is 0.253 e. The van der Waals surface area contributed by atoms with E-state index >= 15 is 0 Å². The Bertz CT molecular complexity index is 648. The summed E-state index contributed by atoms with van der Waals surface area (Å²) >= 11 is 0. The highest BCUT2D eigenvalue weighted by molar-refractivity contribution is 5.98. The van der Waals surface area contributed by atoms with Gasteiger partial charge in [-0.15, -0.1) is 0 Å². The second kappa shape index (κ2) is 6.50. The van der Waals surface area contributed by atoms with E-state index in [1.165, 1.54) is 0 Å². The number of rotatable bonds is 3. The van der Waals surface area contributed by atoms with Gasteiger partial charge >= 0.3 is 0 Å². The van der Waals surface area contributed by atoms with Crippen molar-refractivity contribution in [2.75, 3.05) is 38.0 Å². The minimum atomic E-state index is 0.0205. The van der Waals surface area contributed by atoms with Crippen LogP contribution in [0.3, 0.4) is 0 Å². The zero-order valence-electron chi connectivity index (χ0n) is 13.3. The van der Waals surface area contributed by atoms with Crippen molar-refractivity contribution in [3.63, 3.8) is 0 Å². The Morgan fingerprint density at radius 1 is 1.13 bits per heavy atom. The molecule has 0 aromatic heterocycles. The maximum absolute atomic E-state index is 12.6. The first kappa shape index (κ1) is 15.7. The van der Waals surface area contributed by atoms with Crippen LogP contribution in [0.5, 0.6) is 0 Å². The van der Waals surface area contributed by atoms with Crippen LogP contribution < -0.4 is 5.32 Å². The number of nitrogens with one attached hydrogen (secondary N) is 1. The molecule has 2 heterocycles. The molecule has 0 spiro atoms. The summed E-state index contributed by atoms with van der Waals surface area (Å²) in [6, 6.07) is 5.47. The first-order chi connectivity index (χ1) is 11.0. The van der Waals surface area contributed by atoms with E-state index in [1.54, 1.807) is 13.0 Å². The fourth-order valence-electron chi connectivity index (χ4n) is 3.12. The van der Waals surface area contributed by atoms with Gasteiger partial charge in [0.2, 0.25) is 5.91 Å². The van der Waals surface area contributed by atoms with Crippen molar-refractivity contribution in [2.45, 2.75) is 19.8 Å². The van der Waals surface area contributed by atoms with Crippen molar-refractivity contribution in [1.29, 1.82) is 0 Å². The van der Waals surface area contributed by atoms with Crippen molar-refractivity contribution in [3.8, 4) is 0 Å². The average molecular weight is 315 g/mol. The summed E-state index contributed by atoms with van der Waals surface area (Å²) in [6.45, 7) is 4.78. The number of amides is 2. The number of Topliss-reactive ketones (excluding diaryl/α,β-unsaturated/α-hetero) is 1. The predicted molar refractivity (Wildman–Crippen MR) is 86.4 cm³/mol. The Balaban J connectivity index is 1.65. The Kier molecular flexibility index (Phi) is 4.43. The van der Waals surface area contributed by atoms with Crippen LogP contribution in [0.2, 0.25) is 0 Å². The number of nitrogens with zero attached hydrogens (tertiary/aromatic N) is 2. The molecule has 0 bridgehead atoms. The van der Waals surface area contributed by atoms with Crippen LogP contribution in [-0.2, 0) is 16.0 Å². The largest absolute Gasteiger partial charge is 0.336 e. The molecule has 0 unspecified atom stereocenters. The summed E-state index contributed by atoms with van der Waals surface area (Å²) < 4.78 is 0. The zero-order valence-corrected chi connectivity index (χ0v) is 13.3. The monoisotopic (exact) mass is 315 g/mol. The van der Waals surface area contributed by atoms with E-state index in [9.17, 15) is 14.4 Å². The second-order valence-electron chi connectivity index (χ2n) is 6.19. The number of ketones is 1. The lowest BCUT2D eigenvalue weighted by molar-refractivity contribution is -0.118. The molecular weight excluding hydrogens is 294 g/mol. The first-order valence-electron chi connectivity index (χ1n) is 7.97. The number of carbonyl (C=O) groups excluding carboxylic acids is 3. The molecule has 0 atom stereocenters. The van der Waals surface area contributed by atoms with Crippen LogP contribution in [0.4, 0.5) is 5.69 Å². The van der Waals surface area contributed by atoms with Gasteiger partial charge in [-0.25, -0.2) is 0 Å². The molecule has 1 saturated heterocycles. The lowest BCUT2D eigenvalue weighted by atomic mass is 10.00. The van der Waals surface area contributed by atoms with Crippen LogP contribution in [0.25, 0.3) is 0 Å². The molecule has 1 fully saturated rings. The fraction of sp³-hybridized carbons (Fsp3) is 0.471. The second-order valence-corrected chi connectivity index (χ2v) is 6.19. The highest BCUT2D eigenvalue weighted by Crippen LogP contribution is 2.24. The molecule has 2 aliphatic heterocycles. The minimum absolute atomic E-state index is 0.0205. The number of benzene rings is 1. The van der Waals surface area contributed by atoms with Crippen LogP contribution >= 0.6 is 0 Å². The van der Waals surface area contributed by atoms with E-state index in [0.717, 1.165) is 24.3 Å². The summed E-state index contributed by atoms with van der Waals surface area (Å²) in [7, 11) is 0. The van der Waals surface area contributed by atoms with Gasteiger partial charge in [-0.1, -0.05) is 0 Å². The Hall–Kier alpha value is -2.21. The number of anilines is 1. The lowest BCUT2D eigenvalue weighted by Gasteiger charge is -2.34. The van der Waals surface area contributed by atoms with E-state index in [1.807, 2.05) is 17.0 Å². The van der Waals surface area contributed by atoms with Gasteiger partial charge in [-0.3, -0.25) is 19.3 Å². The molecule has 6 heteroatoms. The van der Waals surface area contributed by atoms with E-state index in [-0.39, 0.29) is 17.6 Å². The minimum Gasteiger partial charge on any atom is -0.336 e. The molecule has 1 aromatic rings. The summed E-state index contributed by atoms with van der Waals surface area (Å²) in [4.78, 5) is 39.1. The third-order valence-electron chi connectivity index (χ3n) is 4.35. The Morgan fingerprint density at radius 2 is 1.87 bits per heavy atom. The van der Waals surface area contributed by atoms with Gasteiger partial charge in [-0.05, 0) is 37.1 Å². The summed E-state index contributed by atoms with van der Waals surface area (Å²) in [5.74, 6) is 0.201. The number of carbonyl (C=O) groups is 3. The number of fused-ring (bicyclic) bond motifs is 1.